The molecule has 102 valence electrons. The molecule has 1 saturated carbocycles. The Hall–Kier alpha value is 0.230. The van der Waals surface area contributed by atoms with Gasteiger partial charge in [-0.3, -0.25) is 0 Å². The zero-order valence-corrected chi connectivity index (χ0v) is 12.2. The molecule has 0 spiro atoms. The van der Waals surface area contributed by atoms with Crippen molar-refractivity contribution in [1.82, 2.24) is 5.32 Å². The van der Waals surface area contributed by atoms with Gasteiger partial charge in [-0.05, 0) is 39.4 Å². The predicted molar refractivity (Wildman–Crippen MR) is 74.6 cm³/mol. The summed E-state index contributed by atoms with van der Waals surface area (Å²) in [6.07, 6.45) is 7.12. The van der Waals surface area contributed by atoms with E-state index in [9.17, 15) is 0 Å². The molecule has 0 amide bonds. The van der Waals surface area contributed by atoms with E-state index in [2.05, 4.69) is 11.6 Å². The van der Waals surface area contributed by atoms with Crippen molar-refractivity contribution in [2.75, 3.05) is 26.0 Å². The molecule has 1 aliphatic rings. The maximum atomic E-state index is 5.52. The van der Waals surface area contributed by atoms with Gasteiger partial charge in [-0.25, -0.2) is 0 Å². The van der Waals surface area contributed by atoms with Crippen molar-refractivity contribution in [3.63, 3.8) is 0 Å². The minimum absolute atomic E-state index is 0.0322. The third kappa shape index (κ3) is 6.09. The van der Waals surface area contributed by atoms with Gasteiger partial charge in [0, 0.05) is 37.5 Å². The van der Waals surface area contributed by atoms with Gasteiger partial charge in [0.25, 0.3) is 0 Å². The summed E-state index contributed by atoms with van der Waals surface area (Å²) in [5, 5.41) is 4.48. The van der Waals surface area contributed by atoms with Crippen molar-refractivity contribution in [1.29, 1.82) is 0 Å². The van der Waals surface area contributed by atoms with E-state index >= 15 is 0 Å². The van der Waals surface area contributed by atoms with E-state index in [1.165, 1.54) is 19.3 Å². The van der Waals surface area contributed by atoms with Crippen LogP contribution in [0.15, 0.2) is 0 Å². The van der Waals surface area contributed by atoms with Crippen LogP contribution in [-0.2, 0) is 9.47 Å². The Labute approximate surface area is 110 Å². The van der Waals surface area contributed by atoms with Crippen LogP contribution in [0.25, 0.3) is 0 Å². The lowest BCUT2D eigenvalue weighted by Gasteiger charge is -2.19. The highest BCUT2D eigenvalue weighted by Crippen LogP contribution is 2.28. The highest BCUT2D eigenvalue weighted by molar-refractivity contribution is 7.99. The fourth-order valence-corrected chi connectivity index (χ4v) is 3.13. The summed E-state index contributed by atoms with van der Waals surface area (Å²) >= 11 is 2.00. The molecule has 0 bridgehead atoms. The Balaban J connectivity index is 2.09. The molecule has 0 saturated heterocycles. The molecule has 0 aromatic carbocycles. The minimum Gasteiger partial charge on any atom is -0.353 e. The summed E-state index contributed by atoms with van der Waals surface area (Å²) in [4.78, 5) is 0. The van der Waals surface area contributed by atoms with Gasteiger partial charge in [0.05, 0.1) is 0 Å². The molecular formula is C13H27NO2S. The Kier molecular flexibility index (Phi) is 8.27. The van der Waals surface area contributed by atoms with Gasteiger partial charge in [0.1, 0.15) is 0 Å². The van der Waals surface area contributed by atoms with Gasteiger partial charge in [0.2, 0.25) is 0 Å². The standard InChI is InChI=1S/C13H27NO2S/c1-4-15-13(16-5-2)8-9-14-11-6-7-12(10-11)17-3/h11-14H,4-10H2,1-3H3. The monoisotopic (exact) mass is 261 g/mol. The molecule has 1 rings (SSSR count). The van der Waals surface area contributed by atoms with E-state index in [1.807, 2.05) is 25.6 Å². The number of hydrogen-bond acceptors (Lipinski definition) is 4. The smallest absolute Gasteiger partial charge is 0.158 e. The van der Waals surface area contributed by atoms with E-state index in [1.54, 1.807) is 0 Å². The van der Waals surface area contributed by atoms with E-state index in [-0.39, 0.29) is 6.29 Å². The van der Waals surface area contributed by atoms with E-state index < -0.39 is 0 Å². The number of rotatable bonds is 9. The topological polar surface area (TPSA) is 30.5 Å². The largest absolute Gasteiger partial charge is 0.353 e. The van der Waals surface area contributed by atoms with E-state index in [4.69, 9.17) is 9.47 Å². The summed E-state index contributed by atoms with van der Waals surface area (Å²) in [7, 11) is 0. The first-order valence-electron chi connectivity index (χ1n) is 6.79. The summed E-state index contributed by atoms with van der Waals surface area (Å²) in [6.45, 7) is 6.47. The zero-order valence-electron chi connectivity index (χ0n) is 11.4. The van der Waals surface area contributed by atoms with Crippen LogP contribution >= 0.6 is 11.8 Å². The maximum absolute atomic E-state index is 5.52. The second-order valence-corrected chi connectivity index (χ2v) is 5.59. The SMILES string of the molecule is CCOC(CCNC1CCC(SC)C1)OCC. The van der Waals surface area contributed by atoms with Crippen molar-refractivity contribution in [3.05, 3.63) is 0 Å². The average Bonchev–Trinajstić information content (AvgIpc) is 2.77. The molecule has 1 fully saturated rings. The van der Waals surface area contributed by atoms with Crippen LogP contribution in [0.2, 0.25) is 0 Å². The van der Waals surface area contributed by atoms with Gasteiger partial charge in [-0.15, -0.1) is 0 Å². The molecule has 4 heteroatoms. The second kappa shape index (κ2) is 9.20. The molecule has 0 aromatic heterocycles. The molecule has 0 heterocycles. The fraction of sp³-hybridized carbons (Fsp3) is 1.00. The van der Waals surface area contributed by atoms with Crippen LogP contribution in [-0.4, -0.2) is 43.6 Å². The van der Waals surface area contributed by atoms with Crippen LogP contribution in [0.3, 0.4) is 0 Å². The van der Waals surface area contributed by atoms with Crippen LogP contribution in [0, 0.1) is 0 Å². The van der Waals surface area contributed by atoms with Crippen LogP contribution < -0.4 is 5.32 Å². The first kappa shape index (κ1) is 15.3. The molecule has 3 nitrogen and oxygen atoms in total. The van der Waals surface area contributed by atoms with E-state index in [0.29, 0.717) is 6.04 Å². The van der Waals surface area contributed by atoms with Gasteiger partial charge in [-0.2, -0.15) is 11.8 Å². The number of ether oxygens (including phenoxy) is 2. The normalized spacial score (nSPS) is 24.7. The second-order valence-electron chi connectivity index (χ2n) is 4.45. The molecule has 2 atom stereocenters. The Morgan fingerprint density at radius 1 is 1.24 bits per heavy atom. The maximum Gasteiger partial charge on any atom is 0.158 e. The highest BCUT2D eigenvalue weighted by Gasteiger charge is 2.23. The summed E-state index contributed by atoms with van der Waals surface area (Å²) in [5.74, 6) is 0. The van der Waals surface area contributed by atoms with E-state index in [0.717, 1.165) is 31.4 Å². The molecule has 0 aliphatic heterocycles. The lowest BCUT2D eigenvalue weighted by Crippen LogP contribution is -2.31. The van der Waals surface area contributed by atoms with Crippen molar-refractivity contribution in [3.8, 4) is 0 Å². The van der Waals surface area contributed by atoms with Crippen LogP contribution in [0.4, 0.5) is 0 Å². The summed E-state index contributed by atoms with van der Waals surface area (Å²) in [6, 6.07) is 0.705. The summed E-state index contributed by atoms with van der Waals surface area (Å²) in [5.41, 5.74) is 0. The Bertz CT molecular complexity index is 186. The minimum atomic E-state index is -0.0322. The lowest BCUT2D eigenvalue weighted by atomic mass is 10.2. The van der Waals surface area contributed by atoms with Crippen molar-refractivity contribution < 1.29 is 9.47 Å². The van der Waals surface area contributed by atoms with Crippen molar-refractivity contribution >= 4 is 11.8 Å². The Morgan fingerprint density at radius 3 is 2.47 bits per heavy atom. The molecule has 0 aromatic rings. The zero-order chi connectivity index (χ0) is 12.5. The number of nitrogens with one attached hydrogen (secondary N) is 1. The van der Waals surface area contributed by atoms with Gasteiger partial charge in [0.15, 0.2) is 6.29 Å². The third-order valence-electron chi connectivity index (χ3n) is 3.24. The first-order chi connectivity index (χ1) is 8.30. The van der Waals surface area contributed by atoms with Gasteiger partial charge in [-0.1, -0.05) is 0 Å². The molecule has 2 unspecified atom stereocenters. The average molecular weight is 261 g/mol. The lowest BCUT2D eigenvalue weighted by molar-refractivity contribution is -0.138. The molecule has 17 heavy (non-hydrogen) atoms. The van der Waals surface area contributed by atoms with Crippen molar-refractivity contribution in [2.45, 2.75) is 57.1 Å². The summed E-state index contributed by atoms with van der Waals surface area (Å²) < 4.78 is 11.0. The quantitative estimate of drug-likeness (QED) is 0.646. The highest BCUT2D eigenvalue weighted by atomic mass is 32.2. The van der Waals surface area contributed by atoms with Gasteiger partial charge >= 0.3 is 0 Å². The molecule has 1 aliphatic carbocycles. The van der Waals surface area contributed by atoms with Crippen LogP contribution in [0.1, 0.15) is 39.5 Å². The van der Waals surface area contributed by atoms with Gasteiger partial charge < -0.3 is 14.8 Å². The molecular weight excluding hydrogens is 234 g/mol. The third-order valence-corrected chi connectivity index (χ3v) is 4.33. The molecule has 1 N–H and O–H groups in total. The Morgan fingerprint density at radius 2 is 1.94 bits per heavy atom. The van der Waals surface area contributed by atoms with Crippen molar-refractivity contribution in [2.24, 2.45) is 0 Å². The predicted octanol–water partition coefficient (Wildman–Crippen LogP) is 2.65. The molecule has 0 radical (unpaired) electrons. The number of thioether (sulfide) groups is 1. The van der Waals surface area contributed by atoms with Crippen LogP contribution in [0.5, 0.6) is 0 Å². The first-order valence-corrected chi connectivity index (χ1v) is 8.08. The number of hydrogen-bond donors (Lipinski definition) is 1. The fourth-order valence-electron chi connectivity index (χ4n) is 2.33.